The number of aromatic nitrogens is 2. The Morgan fingerprint density at radius 2 is 1.91 bits per heavy atom. The molecule has 22 heavy (non-hydrogen) atoms. The SMILES string of the molecule is CNC(=O)c1ccc(NCC2(c3ccc(Cl)cc3)CC2)nn1. The zero-order valence-electron chi connectivity index (χ0n) is 12.3. The van der Waals surface area contributed by atoms with E-state index in [1.54, 1.807) is 19.2 Å². The largest absolute Gasteiger partial charge is 0.368 e. The van der Waals surface area contributed by atoms with E-state index in [9.17, 15) is 4.79 Å². The van der Waals surface area contributed by atoms with Gasteiger partial charge < -0.3 is 10.6 Å². The molecule has 1 heterocycles. The van der Waals surface area contributed by atoms with Crippen LogP contribution in [0.1, 0.15) is 28.9 Å². The zero-order valence-corrected chi connectivity index (χ0v) is 13.0. The zero-order chi connectivity index (χ0) is 15.6. The summed E-state index contributed by atoms with van der Waals surface area (Å²) in [7, 11) is 1.57. The topological polar surface area (TPSA) is 66.9 Å². The molecule has 0 spiro atoms. The van der Waals surface area contributed by atoms with Crippen molar-refractivity contribution in [3.05, 3.63) is 52.7 Å². The van der Waals surface area contributed by atoms with Crippen LogP contribution in [0.4, 0.5) is 5.82 Å². The summed E-state index contributed by atoms with van der Waals surface area (Å²) in [5, 5.41) is 14.5. The lowest BCUT2D eigenvalue weighted by Gasteiger charge is -2.17. The third kappa shape index (κ3) is 3.04. The molecule has 1 amide bonds. The maximum atomic E-state index is 11.4. The second-order valence-electron chi connectivity index (χ2n) is 5.52. The standard InChI is InChI=1S/C16H17ClN4O/c1-18-15(22)13-6-7-14(21-20-13)19-10-16(8-9-16)11-2-4-12(17)5-3-11/h2-7H,8-10H2,1H3,(H,18,22)(H,19,21). The molecule has 0 atom stereocenters. The predicted octanol–water partition coefficient (Wildman–Crippen LogP) is 2.63. The Balaban J connectivity index is 1.65. The van der Waals surface area contributed by atoms with Gasteiger partial charge in [-0.05, 0) is 42.7 Å². The Morgan fingerprint density at radius 3 is 2.45 bits per heavy atom. The molecule has 1 aromatic heterocycles. The number of carbonyl (C=O) groups is 1. The number of carbonyl (C=O) groups excluding carboxylic acids is 1. The van der Waals surface area contributed by atoms with Crippen molar-refractivity contribution in [1.29, 1.82) is 0 Å². The molecule has 1 aliphatic rings. The molecular formula is C16H17ClN4O. The Hall–Kier alpha value is -2.14. The number of benzene rings is 1. The average Bonchev–Trinajstić information content (AvgIpc) is 3.34. The number of hydrogen-bond donors (Lipinski definition) is 2. The van der Waals surface area contributed by atoms with Crippen molar-refractivity contribution in [2.45, 2.75) is 18.3 Å². The highest BCUT2D eigenvalue weighted by Crippen LogP contribution is 2.48. The average molecular weight is 317 g/mol. The second-order valence-corrected chi connectivity index (χ2v) is 5.96. The van der Waals surface area contributed by atoms with Crippen molar-refractivity contribution in [2.75, 3.05) is 18.9 Å². The van der Waals surface area contributed by atoms with Gasteiger partial charge in [0.2, 0.25) is 0 Å². The third-order valence-corrected chi connectivity index (χ3v) is 4.29. The molecule has 1 saturated carbocycles. The van der Waals surface area contributed by atoms with E-state index in [4.69, 9.17) is 11.6 Å². The number of rotatable bonds is 5. The second kappa shape index (κ2) is 5.93. The van der Waals surface area contributed by atoms with E-state index in [0.717, 1.165) is 24.4 Å². The third-order valence-electron chi connectivity index (χ3n) is 4.04. The van der Waals surface area contributed by atoms with Crippen LogP contribution in [0.3, 0.4) is 0 Å². The number of halogens is 1. The van der Waals surface area contributed by atoms with Crippen LogP contribution in [0.25, 0.3) is 0 Å². The summed E-state index contributed by atoms with van der Waals surface area (Å²) in [5.41, 5.74) is 1.76. The number of nitrogens with zero attached hydrogens (tertiary/aromatic N) is 2. The van der Waals surface area contributed by atoms with Gasteiger partial charge in [0, 0.05) is 24.0 Å². The van der Waals surface area contributed by atoms with Crippen molar-refractivity contribution >= 4 is 23.3 Å². The molecule has 1 fully saturated rings. The molecule has 0 bridgehead atoms. The molecular weight excluding hydrogens is 300 g/mol. The maximum Gasteiger partial charge on any atom is 0.271 e. The van der Waals surface area contributed by atoms with Crippen LogP contribution in [0.2, 0.25) is 5.02 Å². The van der Waals surface area contributed by atoms with E-state index in [2.05, 4.69) is 33.0 Å². The molecule has 5 nitrogen and oxygen atoms in total. The molecule has 2 N–H and O–H groups in total. The smallest absolute Gasteiger partial charge is 0.271 e. The van der Waals surface area contributed by atoms with Crippen molar-refractivity contribution in [1.82, 2.24) is 15.5 Å². The Kier molecular flexibility index (Phi) is 3.98. The van der Waals surface area contributed by atoms with E-state index in [-0.39, 0.29) is 11.3 Å². The van der Waals surface area contributed by atoms with E-state index >= 15 is 0 Å². The number of amides is 1. The fourth-order valence-corrected chi connectivity index (χ4v) is 2.58. The summed E-state index contributed by atoms with van der Waals surface area (Å²) >= 11 is 5.94. The summed E-state index contributed by atoms with van der Waals surface area (Å²) in [5.74, 6) is 0.437. The van der Waals surface area contributed by atoms with Gasteiger partial charge in [0.15, 0.2) is 5.69 Å². The molecule has 1 aromatic carbocycles. The molecule has 0 saturated heterocycles. The van der Waals surface area contributed by atoms with Crippen LogP contribution in [0, 0.1) is 0 Å². The summed E-state index contributed by atoms with van der Waals surface area (Å²) in [6.45, 7) is 0.794. The summed E-state index contributed by atoms with van der Waals surface area (Å²) in [6.07, 6.45) is 2.29. The van der Waals surface area contributed by atoms with Crippen LogP contribution in [-0.2, 0) is 5.41 Å². The first kappa shape index (κ1) is 14.8. The van der Waals surface area contributed by atoms with E-state index < -0.39 is 0 Å². The number of hydrogen-bond acceptors (Lipinski definition) is 4. The molecule has 0 aliphatic heterocycles. The minimum atomic E-state index is -0.237. The van der Waals surface area contributed by atoms with Crippen LogP contribution >= 0.6 is 11.6 Å². The first-order valence-electron chi connectivity index (χ1n) is 7.19. The van der Waals surface area contributed by atoms with Gasteiger partial charge in [-0.3, -0.25) is 4.79 Å². The first-order chi connectivity index (χ1) is 10.6. The Morgan fingerprint density at radius 1 is 1.18 bits per heavy atom. The van der Waals surface area contributed by atoms with Gasteiger partial charge in [-0.15, -0.1) is 10.2 Å². The summed E-state index contributed by atoms with van der Waals surface area (Å²) in [4.78, 5) is 11.4. The molecule has 114 valence electrons. The number of nitrogens with one attached hydrogen (secondary N) is 2. The predicted molar refractivity (Wildman–Crippen MR) is 86.3 cm³/mol. The molecule has 3 rings (SSSR count). The van der Waals surface area contributed by atoms with Gasteiger partial charge in [-0.25, -0.2) is 0 Å². The van der Waals surface area contributed by atoms with Crippen molar-refractivity contribution in [3.8, 4) is 0 Å². The molecule has 1 aliphatic carbocycles. The van der Waals surface area contributed by atoms with E-state index in [0.29, 0.717) is 11.5 Å². The van der Waals surface area contributed by atoms with E-state index in [1.165, 1.54) is 5.56 Å². The Labute approximate surface area is 134 Å². The van der Waals surface area contributed by atoms with Gasteiger partial charge in [0.1, 0.15) is 5.82 Å². The van der Waals surface area contributed by atoms with Crippen LogP contribution < -0.4 is 10.6 Å². The van der Waals surface area contributed by atoms with Gasteiger partial charge in [0.25, 0.3) is 5.91 Å². The van der Waals surface area contributed by atoms with Crippen LogP contribution in [-0.4, -0.2) is 29.7 Å². The summed E-state index contributed by atoms with van der Waals surface area (Å²) < 4.78 is 0. The minimum absolute atomic E-state index is 0.158. The molecule has 0 radical (unpaired) electrons. The highest BCUT2D eigenvalue weighted by Gasteiger charge is 2.43. The molecule has 0 unspecified atom stereocenters. The van der Waals surface area contributed by atoms with Gasteiger partial charge in [-0.1, -0.05) is 23.7 Å². The van der Waals surface area contributed by atoms with Crippen molar-refractivity contribution in [2.24, 2.45) is 0 Å². The Bertz CT molecular complexity index is 666. The first-order valence-corrected chi connectivity index (χ1v) is 7.56. The van der Waals surface area contributed by atoms with E-state index in [1.807, 2.05) is 12.1 Å². The van der Waals surface area contributed by atoms with Crippen molar-refractivity contribution < 1.29 is 4.79 Å². The lowest BCUT2D eigenvalue weighted by molar-refractivity contribution is 0.0957. The molecule has 6 heteroatoms. The number of anilines is 1. The lowest BCUT2D eigenvalue weighted by atomic mass is 9.96. The van der Waals surface area contributed by atoms with Gasteiger partial charge >= 0.3 is 0 Å². The monoisotopic (exact) mass is 316 g/mol. The fraction of sp³-hybridized carbons (Fsp3) is 0.312. The van der Waals surface area contributed by atoms with Crippen LogP contribution in [0.15, 0.2) is 36.4 Å². The normalized spacial score (nSPS) is 15.2. The minimum Gasteiger partial charge on any atom is -0.368 e. The fourth-order valence-electron chi connectivity index (χ4n) is 2.46. The quantitative estimate of drug-likeness (QED) is 0.890. The highest BCUT2D eigenvalue weighted by molar-refractivity contribution is 6.30. The highest BCUT2D eigenvalue weighted by atomic mass is 35.5. The lowest BCUT2D eigenvalue weighted by Crippen LogP contribution is -2.22. The maximum absolute atomic E-state index is 11.4. The molecule has 2 aromatic rings. The van der Waals surface area contributed by atoms with Crippen molar-refractivity contribution in [3.63, 3.8) is 0 Å². The van der Waals surface area contributed by atoms with Crippen LogP contribution in [0.5, 0.6) is 0 Å². The van der Waals surface area contributed by atoms with Gasteiger partial charge in [-0.2, -0.15) is 0 Å². The summed E-state index contributed by atoms with van der Waals surface area (Å²) in [6, 6.07) is 11.4. The van der Waals surface area contributed by atoms with Gasteiger partial charge in [0.05, 0.1) is 0 Å².